The average Bonchev–Trinajstić information content (AvgIpc) is 2.99. The Kier molecular flexibility index (Phi) is 4.85. The van der Waals surface area contributed by atoms with Crippen LogP contribution in [0.5, 0.6) is 0 Å². The van der Waals surface area contributed by atoms with Crippen LogP contribution in [-0.4, -0.2) is 35.4 Å². The van der Waals surface area contributed by atoms with Crippen LogP contribution >= 0.6 is 11.6 Å². The van der Waals surface area contributed by atoms with Crippen molar-refractivity contribution >= 4 is 17.5 Å². The number of amides is 1. The van der Waals surface area contributed by atoms with E-state index in [1.54, 1.807) is 12.3 Å². The first-order chi connectivity index (χ1) is 13.1. The molecule has 0 aliphatic carbocycles. The highest BCUT2D eigenvalue weighted by Crippen LogP contribution is 2.38. The number of hydrogen-bond acceptors (Lipinski definition) is 4. The third kappa shape index (κ3) is 3.31. The molecule has 27 heavy (non-hydrogen) atoms. The molecule has 2 unspecified atom stereocenters. The summed E-state index contributed by atoms with van der Waals surface area (Å²) >= 11 is 5.91. The molecule has 0 saturated heterocycles. The van der Waals surface area contributed by atoms with E-state index in [-0.39, 0.29) is 17.0 Å². The van der Waals surface area contributed by atoms with E-state index in [0.29, 0.717) is 31.6 Å². The van der Waals surface area contributed by atoms with Gasteiger partial charge in [0.1, 0.15) is 5.82 Å². The minimum Gasteiger partial charge on any atom is -0.376 e. The minimum atomic E-state index is -0.492. The van der Waals surface area contributed by atoms with Gasteiger partial charge >= 0.3 is 0 Å². The maximum absolute atomic E-state index is 13.5. The molecule has 0 bridgehead atoms. The number of hydrogen-bond donors (Lipinski definition) is 2. The number of nitrogens with two attached hydrogens (primary N) is 1. The largest absolute Gasteiger partial charge is 0.376 e. The molecule has 2 atom stereocenters. The summed E-state index contributed by atoms with van der Waals surface area (Å²) in [5, 5.41) is 3.44. The zero-order valence-electron chi connectivity index (χ0n) is 14.7. The van der Waals surface area contributed by atoms with Crippen molar-refractivity contribution in [2.45, 2.75) is 18.4 Å². The first-order valence-electron chi connectivity index (χ1n) is 8.90. The summed E-state index contributed by atoms with van der Waals surface area (Å²) in [6.45, 7) is 1.50. The lowest BCUT2D eigenvalue weighted by atomic mass is 9.93. The smallest absolute Gasteiger partial charge is 0.230 e. The highest BCUT2D eigenvalue weighted by atomic mass is 35.5. The third-order valence-corrected chi connectivity index (χ3v) is 5.48. The molecule has 2 aliphatic heterocycles. The van der Waals surface area contributed by atoms with Crippen LogP contribution in [0.25, 0.3) is 0 Å². The molecule has 4 rings (SSSR count). The fourth-order valence-electron chi connectivity index (χ4n) is 3.77. The Bertz CT molecular complexity index is 902. The second-order valence-electron chi connectivity index (χ2n) is 6.87. The molecule has 0 fully saturated rings. The number of halogens is 2. The molecule has 1 amide bonds. The van der Waals surface area contributed by atoms with Crippen LogP contribution in [0.15, 0.2) is 54.0 Å². The predicted molar refractivity (Wildman–Crippen MR) is 102 cm³/mol. The lowest BCUT2D eigenvalue weighted by Crippen LogP contribution is -2.35. The van der Waals surface area contributed by atoms with Crippen molar-refractivity contribution in [1.29, 1.82) is 0 Å². The second kappa shape index (κ2) is 7.29. The number of aromatic nitrogens is 1. The van der Waals surface area contributed by atoms with E-state index in [9.17, 15) is 9.18 Å². The van der Waals surface area contributed by atoms with E-state index in [1.807, 2.05) is 23.2 Å². The zero-order chi connectivity index (χ0) is 19.0. The van der Waals surface area contributed by atoms with E-state index in [2.05, 4.69) is 10.3 Å². The summed E-state index contributed by atoms with van der Waals surface area (Å²) in [7, 11) is 0. The van der Waals surface area contributed by atoms with Gasteiger partial charge in [-0.05, 0) is 47.9 Å². The van der Waals surface area contributed by atoms with Crippen molar-refractivity contribution in [3.63, 3.8) is 0 Å². The average molecular weight is 387 g/mol. The number of benzene rings is 1. The summed E-state index contributed by atoms with van der Waals surface area (Å²) < 4.78 is 13.5. The van der Waals surface area contributed by atoms with Gasteiger partial charge in [0.05, 0.1) is 23.5 Å². The normalized spacial score (nSPS) is 19.4. The summed E-state index contributed by atoms with van der Waals surface area (Å²) in [6.07, 6.45) is 4.07. The van der Waals surface area contributed by atoms with Crippen LogP contribution in [0.2, 0.25) is 5.02 Å². The van der Waals surface area contributed by atoms with Crippen molar-refractivity contribution in [2.75, 3.05) is 19.6 Å². The van der Waals surface area contributed by atoms with E-state index >= 15 is 0 Å². The topological polar surface area (TPSA) is 71.2 Å². The van der Waals surface area contributed by atoms with Crippen molar-refractivity contribution in [3.05, 3.63) is 76.0 Å². The number of carbonyl (C=O) groups excluding carboxylic acids is 1. The van der Waals surface area contributed by atoms with E-state index in [4.69, 9.17) is 17.3 Å². The molecule has 5 nitrogen and oxygen atoms in total. The Morgan fingerprint density at radius 1 is 1.41 bits per heavy atom. The van der Waals surface area contributed by atoms with Gasteiger partial charge in [0.15, 0.2) is 0 Å². The maximum Gasteiger partial charge on any atom is 0.230 e. The summed E-state index contributed by atoms with van der Waals surface area (Å²) in [5.41, 5.74) is 9.84. The van der Waals surface area contributed by atoms with Gasteiger partial charge in [-0.25, -0.2) is 4.39 Å². The van der Waals surface area contributed by atoms with E-state index in [1.165, 1.54) is 17.7 Å². The molecule has 7 heteroatoms. The van der Waals surface area contributed by atoms with Crippen molar-refractivity contribution in [1.82, 2.24) is 15.2 Å². The molecule has 0 spiro atoms. The molecule has 1 aromatic heterocycles. The van der Waals surface area contributed by atoms with Crippen LogP contribution in [0.3, 0.4) is 0 Å². The fraction of sp³-hybridized carbons (Fsp3) is 0.300. The molecule has 1 aromatic carbocycles. The van der Waals surface area contributed by atoms with Crippen molar-refractivity contribution in [2.24, 2.45) is 5.73 Å². The first-order valence-corrected chi connectivity index (χ1v) is 9.28. The predicted octanol–water partition coefficient (Wildman–Crippen LogP) is 2.75. The Labute approximate surface area is 162 Å². The van der Waals surface area contributed by atoms with Crippen LogP contribution in [-0.2, 0) is 4.79 Å². The van der Waals surface area contributed by atoms with Gasteiger partial charge in [0.2, 0.25) is 5.91 Å². The third-order valence-electron chi connectivity index (χ3n) is 5.19. The number of rotatable bonds is 5. The van der Waals surface area contributed by atoms with Crippen LogP contribution < -0.4 is 11.1 Å². The second-order valence-corrected chi connectivity index (χ2v) is 7.27. The molecule has 3 N–H and O–H groups in total. The highest BCUT2D eigenvalue weighted by Gasteiger charge is 2.40. The monoisotopic (exact) mass is 386 g/mol. The molecule has 140 valence electrons. The molecule has 2 aromatic rings. The van der Waals surface area contributed by atoms with Gasteiger partial charge in [-0.15, -0.1) is 0 Å². The molecule has 2 aliphatic rings. The van der Waals surface area contributed by atoms with Crippen LogP contribution in [0.4, 0.5) is 4.39 Å². The zero-order valence-corrected chi connectivity index (χ0v) is 15.4. The fourth-order valence-corrected chi connectivity index (χ4v) is 3.96. The SMILES string of the molecule is NCCC(C(=O)N1CC2=C(C1)C(c1cccnc1)N2)c1ccc(F)c(Cl)c1. The van der Waals surface area contributed by atoms with Crippen molar-refractivity contribution in [3.8, 4) is 0 Å². The van der Waals surface area contributed by atoms with Gasteiger partial charge in [-0.1, -0.05) is 23.7 Å². The van der Waals surface area contributed by atoms with E-state index < -0.39 is 11.7 Å². The summed E-state index contributed by atoms with van der Waals surface area (Å²) in [5.74, 6) is -0.930. The molecular formula is C20H20ClFN4O. The van der Waals surface area contributed by atoms with Gasteiger partial charge < -0.3 is 16.0 Å². The van der Waals surface area contributed by atoms with Gasteiger partial charge in [-0.3, -0.25) is 9.78 Å². The molecule has 3 heterocycles. The van der Waals surface area contributed by atoms with Gasteiger partial charge in [0.25, 0.3) is 0 Å². The Hall–Kier alpha value is -2.44. The highest BCUT2D eigenvalue weighted by molar-refractivity contribution is 6.30. The Morgan fingerprint density at radius 2 is 2.26 bits per heavy atom. The summed E-state index contributed by atoms with van der Waals surface area (Å²) in [6, 6.07) is 8.48. The Morgan fingerprint density at radius 3 is 2.96 bits per heavy atom. The number of carbonyl (C=O) groups is 1. The van der Waals surface area contributed by atoms with Gasteiger partial charge in [-0.2, -0.15) is 0 Å². The molecular weight excluding hydrogens is 367 g/mol. The standard InChI is InChI=1S/C20H20ClFN4O/c21-16-8-12(3-4-17(16)22)14(5-6-23)20(27)26-10-15-18(11-26)25-19(15)13-2-1-7-24-9-13/h1-4,7-9,14,19,25H,5-6,10-11,23H2. The van der Waals surface area contributed by atoms with E-state index in [0.717, 1.165) is 11.3 Å². The lowest BCUT2D eigenvalue weighted by molar-refractivity contribution is -0.131. The number of nitrogens with zero attached hydrogens (tertiary/aromatic N) is 2. The van der Waals surface area contributed by atoms with Crippen LogP contribution in [0, 0.1) is 5.82 Å². The van der Waals surface area contributed by atoms with Crippen LogP contribution in [0.1, 0.15) is 29.5 Å². The van der Waals surface area contributed by atoms with Gasteiger partial charge in [0, 0.05) is 24.6 Å². The minimum absolute atomic E-state index is 0.00994. The van der Waals surface area contributed by atoms with Crippen molar-refractivity contribution < 1.29 is 9.18 Å². The maximum atomic E-state index is 13.5. The quantitative estimate of drug-likeness (QED) is 0.828. The molecule has 0 radical (unpaired) electrons. The Balaban J connectivity index is 1.50. The number of pyridine rings is 1. The number of nitrogens with one attached hydrogen (secondary N) is 1. The first kappa shape index (κ1) is 17.9. The summed E-state index contributed by atoms with van der Waals surface area (Å²) in [4.78, 5) is 19.1. The lowest BCUT2D eigenvalue weighted by Gasteiger charge is -2.31. The molecule has 0 saturated carbocycles.